The van der Waals surface area contributed by atoms with E-state index in [0.29, 0.717) is 6.61 Å². The largest absolute Gasteiger partial charge is 0.377 e. The van der Waals surface area contributed by atoms with E-state index in [1.807, 2.05) is 0 Å². The summed E-state index contributed by atoms with van der Waals surface area (Å²) in [6.45, 7) is 0.894. The quantitative estimate of drug-likeness (QED) is 0.853. The summed E-state index contributed by atoms with van der Waals surface area (Å²) in [7, 11) is -3.71. The second kappa shape index (κ2) is 5.44. The van der Waals surface area contributed by atoms with Crippen molar-refractivity contribution in [2.24, 2.45) is 0 Å². The molecule has 0 amide bonds. The molecule has 7 heteroatoms. The van der Waals surface area contributed by atoms with E-state index in [0.717, 1.165) is 12.8 Å². The van der Waals surface area contributed by atoms with Crippen molar-refractivity contribution in [1.82, 2.24) is 9.71 Å². The summed E-state index contributed by atoms with van der Waals surface area (Å²) in [4.78, 5) is 3.64. The fourth-order valence-corrected chi connectivity index (χ4v) is 2.95. The molecule has 1 fully saturated rings. The molecule has 0 aliphatic carbocycles. The van der Waals surface area contributed by atoms with Gasteiger partial charge < -0.3 is 4.74 Å². The maximum atomic E-state index is 12.0. The highest BCUT2D eigenvalue weighted by Gasteiger charge is 2.22. The number of hydrogen-bond donors (Lipinski definition) is 1. The van der Waals surface area contributed by atoms with Crippen LogP contribution in [0.25, 0.3) is 0 Å². The number of nitrogens with one attached hydrogen (secondary N) is 1. The van der Waals surface area contributed by atoms with Gasteiger partial charge in [0.15, 0.2) is 5.69 Å². The van der Waals surface area contributed by atoms with Gasteiger partial charge >= 0.3 is 0 Å². The van der Waals surface area contributed by atoms with Crippen LogP contribution < -0.4 is 4.72 Å². The van der Waals surface area contributed by atoms with E-state index in [4.69, 9.17) is 10.00 Å². The summed E-state index contributed by atoms with van der Waals surface area (Å²) in [5.74, 6) is 0. The van der Waals surface area contributed by atoms with Crippen molar-refractivity contribution in [3.63, 3.8) is 0 Å². The lowest BCUT2D eigenvalue weighted by atomic mass is 10.2. The molecule has 6 nitrogen and oxygen atoms in total. The van der Waals surface area contributed by atoms with Crippen molar-refractivity contribution in [1.29, 1.82) is 5.26 Å². The van der Waals surface area contributed by atoms with E-state index in [1.165, 1.54) is 18.3 Å². The molecule has 1 atom stereocenters. The summed E-state index contributed by atoms with van der Waals surface area (Å²) in [5, 5.41) is 8.83. The third-order valence-electron chi connectivity index (χ3n) is 2.69. The SMILES string of the molecule is N#Cc1ncccc1S(=O)(=O)NCC1CCCO1. The minimum Gasteiger partial charge on any atom is -0.377 e. The lowest BCUT2D eigenvalue weighted by Crippen LogP contribution is -2.32. The summed E-state index contributed by atoms with van der Waals surface area (Å²) in [5.41, 5.74) is -0.0997. The summed E-state index contributed by atoms with van der Waals surface area (Å²) >= 11 is 0. The predicted octanol–water partition coefficient (Wildman–Crippen LogP) is 0.411. The zero-order valence-corrected chi connectivity index (χ0v) is 10.5. The molecule has 1 N–H and O–H groups in total. The van der Waals surface area contributed by atoms with Crippen molar-refractivity contribution in [2.45, 2.75) is 23.8 Å². The lowest BCUT2D eigenvalue weighted by Gasteiger charge is -2.11. The van der Waals surface area contributed by atoms with Crippen LogP contribution in [0, 0.1) is 11.3 Å². The van der Waals surface area contributed by atoms with Gasteiger partial charge in [0.1, 0.15) is 11.0 Å². The molecule has 18 heavy (non-hydrogen) atoms. The Kier molecular flexibility index (Phi) is 3.91. The van der Waals surface area contributed by atoms with E-state index in [-0.39, 0.29) is 23.2 Å². The molecule has 1 unspecified atom stereocenters. The van der Waals surface area contributed by atoms with Gasteiger partial charge in [-0.1, -0.05) is 0 Å². The second-order valence-corrected chi connectivity index (χ2v) is 5.68. The van der Waals surface area contributed by atoms with Crippen molar-refractivity contribution in [3.05, 3.63) is 24.0 Å². The minimum absolute atomic E-state index is 0.0815. The summed E-state index contributed by atoms with van der Waals surface area (Å²) in [6.07, 6.45) is 3.10. The smallest absolute Gasteiger partial charge is 0.243 e. The summed E-state index contributed by atoms with van der Waals surface area (Å²) < 4.78 is 31.8. The van der Waals surface area contributed by atoms with Crippen molar-refractivity contribution in [2.75, 3.05) is 13.2 Å². The Morgan fingerprint density at radius 3 is 3.11 bits per heavy atom. The molecule has 0 saturated carbocycles. The molecule has 0 aromatic carbocycles. The second-order valence-electron chi connectivity index (χ2n) is 3.95. The Morgan fingerprint density at radius 1 is 1.61 bits per heavy atom. The highest BCUT2D eigenvalue weighted by Crippen LogP contribution is 2.14. The van der Waals surface area contributed by atoms with Gasteiger partial charge in [-0.25, -0.2) is 18.1 Å². The molecule has 1 aromatic heterocycles. The predicted molar refractivity (Wildman–Crippen MR) is 63.1 cm³/mol. The first-order valence-electron chi connectivity index (χ1n) is 5.60. The van der Waals surface area contributed by atoms with E-state index in [9.17, 15) is 8.42 Å². The number of ether oxygens (including phenoxy) is 1. The number of sulfonamides is 1. The van der Waals surface area contributed by atoms with Crippen LogP contribution in [0.2, 0.25) is 0 Å². The van der Waals surface area contributed by atoms with Gasteiger partial charge in [0, 0.05) is 19.3 Å². The Balaban J connectivity index is 2.12. The number of aromatic nitrogens is 1. The van der Waals surface area contributed by atoms with Gasteiger partial charge in [-0.3, -0.25) is 0 Å². The molecule has 0 radical (unpaired) electrons. The van der Waals surface area contributed by atoms with Crippen LogP contribution in [0.15, 0.2) is 23.2 Å². The number of nitriles is 1. The Bertz CT molecular complexity index is 559. The number of hydrogen-bond acceptors (Lipinski definition) is 5. The van der Waals surface area contributed by atoms with Gasteiger partial charge in [-0.15, -0.1) is 0 Å². The van der Waals surface area contributed by atoms with Crippen LogP contribution in [0.1, 0.15) is 18.5 Å². The highest BCUT2D eigenvalue weighted by molar-refractivity contribution is 7.89. The zero-order valence-electron chi connectivity index (χ0n) is 9.67. The molecule has 0 spiro atoms. The molecule has 1 aliphatic rings. The number of pyridine rings is 1. The average Bonchev–Trinajstić information content (AvgIpc) is 2.89. The van der Waals surface area contributed by atoms with Gasteiger partial charge in [0.2, 0.25) is 10.0 Å². The van der Waals surface area contributed by atoms with Crippen LogP contribution in [-0.2, 0) is 14.8 Å². The molecule has 1 saturated heterocycles. The molecule has 96 valence electrons. The highest BCUT2D eigenvalue weighted by atomic mass is 32.2. The third-order valence-corrected chi connectivity index (χ3v) is 4.15. The molecule has 2 rings (SSSR count). The molecule has 0 bridgehead atoms. The molecule has 1 aromatic rings. The van der Waals surface area contributed by atoms with E-state index in [2.05, 4.69) is 9.71 Å². The maximum absolute atomic E-state index is 12.0. The van der Waals surface area contributed by atoms with Crippen LogP contribution in [0.3, 0.4) is 0 Å². The Morgan fingerprint density at radius 2 is 2.44 bits per heavy atom. The van der Waals surface area contributed by atoms with E-state index >= 15 is 0 Å². The Labute approximate surface area is 106 Å². The third kappa shape index (κ3) is 2.85. The van der Waals surface area contributed by atoms with Crippen LogP contribution in [-0.4, -0.2) is 32.7 Å². The number of rotatable bonds is 4. The first-order valence-corrected chi connectivity index (χ1v) is 7.08. The van der Waals surface area contributed by atoms with Crippen molar-refractivity contribution in [3.8, 4) is 6.07 Å². The molecular weight excluding hydrogens is 254 g/mol. The molecular formula is C11H13N3O3S. The fourth-order valence-electron chi connectivity index (χ4n) is 1.78. The molecule has 1 aliphatic heterocycles. The number of nitrogens with zero attached hydrogens (tertiary/aromatic N) is 2. The van der Waals surface area contributed by atoms with Gasteiger partial charge in [-0.05, 0) is 25.0 Å². The van der Waals surface area contributed by atoms with Gasteiger partial charge in [0.05, 0.1) is 6.10 Å². The maximum Gasteiger partial charge on any atom is 0.243 e. The topological polar surface area (TPSA) is 92.1 Å². The fraction of sp³-hybridized carbons (Fsp3) is 0.455. The van der Waals surface area contributed by atoms with E-state index < -0.39 is 10.0 Å². The van der Waals surface area contributed by atoms with Gasteiger partial charge in [-0.2, -0.15) is 5.26 Å². The first kappa shape index (κ1) is 13.0. The van der Waals surface area contributed by atoms with Crippen LogP contribution >= 0.6 is 0 Å². The van der Waals surface area contributed by atoms with Crippen LogP contribution in [0.4, 0.5) is 0 Å². The van der Waals surface area contributed by atoms with Crippen molar-refractivity contribution >= 4 is 10.0 Å². The zero-order chi connectivity index (χ0) is 13.0. The standard InChI is InChI=1S/C11H13N3O3S/c12-7-10-11(4-1-5-13-10)18(15,16)14-8-9-3-2-6-17-9/h1,4-5,9,14H,2-3,6,8H2. The Hall–Kier alpha value is -1.49. The van der Waals surface area contributed by atoms with E-state index in [1.54, 1.807) is 6.07 Å². The minimum atomic E-state index is -3.71. The van der Waals surface area contributed by atoms with Crippen molar-refractivity contribution < 1.29 is 13.2 Å². The van der Waals surface area contributed by atoms with Crippen LogP contribution in [0.5, 0.6) is 0 Å². The molecule has 2 heterocycles. The lowest BCUT2D eigenvalue weighted by molar-refractivity contribution is 0.114. The monoisotopic (exact) mass is 267 g/mol. The first-order chi connectivity index (χ1) is 8.63. The average molecular weight is 267 g/mol. The summed E-state index contributed by atoms with van der Waals surface area (Å²) in [6, 6.07) is 4.62. The van der Waals surface area contributed by atoms with Gasteiger partial charge in [0.25, 0.3) is 0 Å². The normalized spacial score (nSPS) is 19.6.